The number of rotatable bonds is 9. The van der Waals surface area contributed by atoms with Crippen LogP contribution in [0.2, 0.25) is 0 Å². The van der Waals surface area contributed by atoms with Crippen molar-refractivity contribution in [1.29, 1.82) is 0 Å². The van der Waals surface area contributed by atoms with Crippen LogP contribution in [-0.4, -0.2) is 36.9 Å². The van der Waals surface area contributed by atoms with Gasteiger partial charge in [0.05, 0.1) is 6.54 Å². The van der Waals surface area contributed by atoms with Gasteiger partial charge in [-0.25, -0.2) is 0 Å². The Balaban J connectivity index is 1.85. The Morgan fingerprint density at radius 2 is 1.53 bits per heavy atom. The van der Waals surface area contributed by atoms with Gasteiger partial charge in [0.2, 0.25) is 11.8 Å². The van der Waals surface area contributed by atoms with Crippen molar-refractivity contribution in [2.24, 2.45) is 5.92 Å². The van der Waals surface area contributed by atoms with E-state index in [1.807, 2.05) is 52.0 Å². The van der Waals surface area contributed by atoms with Crippen molar-refractivity contribution >= 4 is 23.4 Å². The van der Waals surface area contributed by atoms with Crippen LogP contribution < -0.4 is 20.7 Å². The van der Waals surface area contributed by atoms with Gasteiger partial charge in [0.15, 0.2) is 6.61 Å². The second kappa shape index (κ2) is 11.0. The number of carbonyl (C=O) groups is 3. The normalized spacial score (nSPS) is 11.5. The van der Waals surface area contributed by atoms with Crippen molar-refractivity contribution < 1.29 is 19.1 Å². The van der Waals surface area contributed by atoms with E-state index in [4.69, 9.17) is 4.74 Å². The van der Waals surface area contributed by atoms with Crippen molar-refractivity contribution in [1.82, 2.24) is 10.6 Å². The topological polar surface area (TPSA) is 96.5 Å². The zero-order valence-corrected chi connectivity index (χ0v) is 17.8. The standard InChI is InChI=1S/C23H29N3O4/c1-15(2)21(26-20(28)14-30-18-11-6-5-7-12-18)23(29)24-13-19(27)25-22-16(3)9-8-10-17(22)4/h5-12,15,21H,13-14H2,1-4H3,(H,24,29)(H,25,27)(H,26,28). The van der Waals surface area contributed by atoms with Crippen LogP contribution in [0.15, 0.2) is 48.5 Å². The lowest BCUT2D eigenvalue weighted by molar-refractivity contribution is -0.131. The molecule has 0 radical (unpaired) electrons. The number of ether oxygens (including phenoxy) is 1. The summed E-state index contributed by atoms with van der Waals surface area (Å²) in [5, 5.41) is 8.09. The molecule has 160 valence electrons. The minimum absolute atomic E-state index is 0.160. The number of anilines is 1. The third kappa shape index (κ3) is 6.92. The number of nitrogens with one attached hydrogen (secondary N) is 3. The minimum atomic E-state index is -0.773. The van der Waals surface area contributed by atoms with Crippen LogP contribution in [0.1, 0.15) is 25.0 Å². The van der Waals surface area contributed by atoms with Gasteiger partial charge in [0.25, 0.3) is 5.91 Å². The van der Waals surface area contributed by atoms with Crippen LogP contribution in [0.3, 0.4) is 0 Å². The summed E-state index contributed by atoms with van der Waals surface area (Å²) in [4.78, 5) is 37.0. The Hall–Kier alpha value is -3.35. The number of hydrogen-bond acceptors (Lipinski definition) is 4. The number of para-hydroxylation sites is 2. The Bertz CT molecular complexity index is 861. The molecular weight excluding hydrogens is 382 g/mol. The van der Waals surface area contributed by atoms with Crippen LogP contribution in [0.4, 0.5) is 5.69 Å². The van der Waals surface area contributed by atoms with Crippen molar-refractivity contribution in [2.75, 3.05) is 18.5 Å². The summed E-state index contributed by atoms with van der Waals surface area (Å²) in [5.74, 6) is -0.752. The van der Waals surface area contributed by atoms with Crippen LogP contribution in [0.25, 0.3) is 0 Å². The van der Waals surface area contributed by atoms with Gasteiger partial charge in [-0.05, 0) is 43.0 Å². The zero-order valence-electron chi connectivity index (χ0n) is 17.8. The fourth-order valence-electron chi connectivity index (χ4n) is 2.89. The monoisotopic (exact) mass is 411 g/mol. The molecule has 2 aromatic carbocycles. The maximum atomic E-state index is 12.5. The molecule has 7 nitrogen and oxygen atoms in total. The van der Waals surface area contributed by atoms with Crippen LogP contribution in [0, 0.1) is 19.8 Å². The molecule has 0 aliphatic heterocycles. The van der Waals surface area contributed by atoms with E-state index in [-0.39, 0.29) is 25.0 Å². The van der Waals surface area contributed by atoms with E-state index in [9.17, 15) is 14.4 Å². The minimum Gasteiger partial charge on any atom is -0.484 e. The van der Waals surface area contributed by atoms with Gasteiger partial charge in [-0.3, -0.25) is 14.4 Å². The van der Waals surface area contributed by atoms with E-state index in [1.165, 1.54) is 0 Å². The molecule has 2 rings (SSSR count). The Kier molecular flexibility index (Phi) is 8.41. The van der Waals surface area contributed by atoms with Gasteiger partial charge in [0.1, 0.15) is 11.8 Å². The molecule has 0 saturated carbocycles. The summed E-state index contributed by atoms with van der Waals surface area (Å²) in [6.45, 7) is 7.06. The van der Waals surface area contributed by atoms with Crippen molar-refractivity contribution in [2.45, 2.75) is 33.7 Å². The molecular formula is C23H29N3O4. The molecule has 1 atom stereocenters. The molecule has 0 aliphatic rings. The maximum Gasteiger partial charge on any atom is 0.258 e. The van der Waals surface area contributed by atoms with E-state index in [2.05, 4.69) is 16.0 Å². The number of hydrogen-bond donors (Lipinski definition) is 3. The lowest BCUT2D eigenvalue weighted by Crippen LogP contribution is -2.52. The highest BCUT2D eigenvalue weighted by Crippen LogP contribution is 2.19. The number of benzene rings is 2. The molecule has 0 fully saturated rings. The van der Waals surface area contributed by atoms with Gasteiger partial charge in [-0.15, -0.1) is 0 Å². The Labute approximate surface area is 177 Å². The van der Waals surface area contributed by atoms with E-state index in [1.54, 1.807) is 24.3 Å². The van der Waals surface area contributed by atoms with Gasteiger partial charge in [-0.2, -0.15) is 0 Å². The Morgan fingerprint density at radius 3 is 2.13 bits per heavy atom. The first-order valence-corrected chi connectivity index (χ1v) is 9.89. The summed E-state index contributed by atoms with van der Waals surface area (Å²) < 4.78 is 5.41. The first-order chi connectivity index (χ1) is 14.3. The highest BCUT2D eigenvalue weighted by molar-refractivity contribution is 5.97. The first kappa shape index (κ1) is 22.9. The van der Waals surface area contributed by atoms with E-state index < -0.39 is 17.9 Å². The van der Waals surface area contributed by atoms with Crippen LogP contribution in [0.5, 0.6) is 5.75 Å². The molecule has 3 amide bonds. The average molecular weight is 412 g/mol. The molecule has 0 aromatic heterocycles. The SMILES string of the molecule is Cc1cccc(C)c1NC(=O)CNC(=O)C(NC(=O)COc1ccccc1)C(C)C. The van der Waals surface area contributed by atoms with E-state index >= 15 is 0 Å². The quantitative estimate of drug-likeness (QED) is 0.591. The van der Waals surface area contributed by atoms with E-state index in [0.29, 0.717) is 5.75 Å². The number of carbonyl (C=O) groups excluding carboxylic acids is 3. The molecule has 0 spiro atoms. The highest BCUT2D eigenvalue weighted by atomic mass is 16.5. The summed E-state index contributed by atoms with van der Waals surface area (Å²) in [7, 11) is 0. The van der Waals surface area contributed by atoms with Gasteiger partial charge < -0.3 is 20.7 Å². The summed E-state index contributed by atoms with van der Waals surface area (Å²) in [6, 6.07) is 13.9. The average Bonchev–Trinajstić information content (AvgIpc) is 2.72. The maximum absolute atomic E-state index is 12.5. The van der Waals surface area contributed by atoms with Crippen LogP contribution >= 0.6 is 0 Å². The fourth-order valence-corrected chi connectivity index (χ4v) is 2.89. The predicted octanol–water partition coefficient (Wildman–Crippen LogP) is 2.58. The molecule has 0 bridgehead atoms. The third-order valence-electron chi connectivity index (χ3n) is 4.55. The first-order valence-electron chi connectivity index (χ1n) is 9.89. The van der Waals surface area contributed by atoms with Crippen molar-refractivity contribution in [3.63, 3.8) is 0 Å². The Morgan fingerprint density at radius 1 is 0.900 bits per heavy atom. The van der Waals surface area contributed by atoms with Crippen LogP contribution in [-0.2, 0) is 14.4 Å². The summed E-state index contributed by atoms with van der Waals surface area (Å²) >= 11 is 0. The van der Waals surface area contributed by atoms with E-state index in [0.717, 1.165) is 16.8 Å². The lowest BCUT2D eigenvalue weighted by Gasteiger charge is -2.22. The number of amides is 3. The van der Waals surface area contributed by atoms with Gasteiger partial charge in [-0.1, -0.05) is 50.2 Å². The van der Waals surface area contributed by atoms with Crippen molar-refractivity contribution in [3.05, 3.63) is 59.7 Å². The predicted molar refractivity (Wildman–Crippen MR) is 116 cm³/mol. The second-order valence-electron chi connectivity index (χ2n) is 7.42. The third-order valence-corrected chi connectivity index (χ3v) is 4.55. The fraction of sp³-hybridized carbons (Fsp3) is 0.348. The highest BCUT2D eigenvalue weighted by Gasteiger charge is 2.24. The largest absolute Gasteiger partial charge is 0.484 e. The molecule has 0 aliphatic carbocycles. The smallest absolute Gasteiger partial charge is 0.258 e. The molecule has 3 N–H and O–H groups in total. The lowest BCUT2D eigenvalue weighted by atomic mass is 10.0. The molecule has 0 saturated heterocycles. The summed E-state index contributed by atoms with van der Waals surface area (Å²) in [5.41, 5.74) is 2.63. The molecule has 1 unspecified atom stereocenters. The van der Waals surface area contributed by atoms with Gasteiger partial charge >= 0.3 is 0 Å². The second-order valence-corrected chi connectivity index (χ2v) is 7.42. The molecule has 7 heteroatoms. The molecule has 2 aromatic rings. The number of aryl methyl sites for hydroxylation is 2. The summed E-state index contributed by atoms with van der Waals surface area (Å²) in [6.07, 6.45) is 0. The molecule has 30 heavy (non-hydrogen) atoms. The van der Waals surface area contributed by atoms with Gasteiger partial charge in [0, 0.05) is 5.69 Å². The van der Waals surface area contributed by atoms with Crippen molar-refractivity contribution in [3.8, 4) is 5.75 Å². The molecule has 0 heterocycles. The zero-order chi connectivity index (χ0) is 22.1.